The third-order valence-corrected chi connectivity index (χ3v) is 3.95. The molecule has 3 nitrogen and oxygen atoms in total. The minimum Gasteiger partial charge on any atom is -0.492 e. The number of carbonyl (C=O) groups is 1. The number of hydrogen-bond donors (Lipinski definition) is 1. The molecule has 0 atom stereocenters. The van der Waals surface area contributed by atoms with Crippen molar-refractivity contribution in [2.24, 2.45) is 0 Å². The standard InChI is InChI=1S/C20H25NO2/c1-14(2)17-6-5-7-19(13-17)23-11-10-21-20(22)18-9-8-15(3)16(4)12-18/h5-9,12-14H,10-11H2,1-4H3,(H,21,22). The van der Waals surface area contributed by atoms with Gasteiger partial charge in [-0.05, 0) is 60.7 Å². The third kappa shape index (κ3) is 4.85. The van der Waals surface area contributed by atoms with E-state index in [2.05, 4.69) is 31.3 Å². The molecule has 0 aliphatic heterocycles. The fraction of sp³-hybridized carbons (Fsp3) is 0.350. The molecule has 0 saturated carbocycles. The van der Waals surface area contributed by atoms with Crippen molar-refractivity contribution in [3.63, 3.8) is 0 Å². The lowest BCUT2D eigenvalue weighted by molar-refractivity contribution is 0.0947. The summed E-state index contributed by atoms with van der Waals surface area (Å²) in [6.45, 7) is 9.30. The summed E-state index contributed by atoms with van der Waals surface area (Å²) in [7, 11) is 0. The Hall–Kier alpha value is -2.29. The predicted molar refractivity (Wildman–Crippen MR) is 94.3 cm³/mol. The molecular weight excluding hydrogens is 286 g/mol. The average Bonchev–Trinajstić information content (AvgIpc) is 2.54. The van der Waals surface area contributed by atoms with Gasteiger partial charge in [0.2, 0.25) is 0 Å². The maximum Gasteiger partial charge on any atom is 0.251 e. The minimum absolute atomic E-state index is 0.0624. The van der Waals surface area contributed by atoms with Crippen LogP contribution in [0.25, 0.3) is 0 Å². The molecule has 0 saturated heterocycles. The Morgan fingerprint density at radius 1 is 1.09 bits per heavy atom. The van der Waals surface area contributed by atoms with Crippen molar-refractivity contribution >= 4 is 5.91 Å². The van der Waals surface area contributed by atoms with Crippen molar-refractivity contribution in [2.75, 3.05) is 13.2 Å². The molecule has 2 aromatic carbocycles. The summed E-state index contributed by atoms with van der Waals surface area (Å²) in [5.41, 5.74) is 4.26. The van der Waals surface area contributed by atoms with Gasteiger partial charge in [0.1, 0.15) is 12.4 Å². The first-order valence-electron chi connectivity index (χ1n) is 8.05. The molecule has 0 unspecified atom stereocenters. The lowest BCUT2D eigenvalue weighted by Crippen LogP contribution is -2.28. The Labute approximate surface area is 138 Å². The molecule has 0 aliphatic carbocycles. The maximum absolute atomic E-state index is 12.1. The molecule has 0 heterocycles. The second kappa shape index (κ2) is 7.82. The van der Waals surface area contributed by atoms with Crippen LogP contribution in [0.3, 0.4) is 0 Å². The van der Waals surface area contributed by atoms with Gasteiger partial charge in [-0.3, -0.25) is 4.79 Å². The molecule has 1 N–H and O–H groups in total. The van der Waals surface area contributed by atoms with Crippen LogP contribution < -0.4 is 10.1 Å². The number of rotatable bonds is 6. The third-order valence-electron chi connectivity index (χ3n) is 3.95. The van der Waals surface area contributed by atoms with Crippen molar-refractivity contribution < 1.29 is 9.53 Å². The molecule has 2 aromatic rings. The number of carbonyl (C=O) groups excluding carboxylic acids is 1. The summed E-state index contributed by atoms with van der Waals surface area (Å²) in [4.78, 5) is 12.1. The van der Waals surface area contributed by atoms with Crippen LogP contribution in [0.4, 0.5) is 0 Å². The number of amides is 1. The zero-order chi connectivity index (χ0) is 16.8. The highest BCUT2D eigenvalue weighted by Gasteiger charge is 2.06. The van der Waals surface area contributed by atoms with Crippen LogP contribution >= 0.6 is 0 Å². The summed E-state index contributed by atoms with van der Waals surface area (Å²) in [5.74, 6) is 1.26. The molecule has 0 fully saturated rings. The van der Waals surface area contributed by atoms with Gasteiger partial charge in [-0.15, -0.1) is 0 Å². The van der Waals surface area contributed by atoms with E-state index in [-0.39, 0.29) is 5.91 Å². The predicted octanol–water partition coefficient (Wildman–Crippen LogP) is 4.24. The number of nitrogens with one attached hydrogen (secondary N) is 1. The molecular formula is C20H25NO2. The quantitative estimate of drug-likeness (QED) is 0.811. The van der Waals surface area contributed by atoms with Gasteiger partial charge in [0, 0.05) is 5.56 Å². The molecule has 0 aromatic heterocycles. The molecule has 1 amide bonds. The van der Waals surface area contributed by atoms with Crippen LogP contribution in [-0.2, 0) is 0 Å². The number of benzene rings is 2. The van der Waals surface area contributed by atoms with E-state index in [4.69, 9.17) is 4.74 Å². The second-order valence-electron chi connectivity index (χ2n) is 6.13. The Kier molecular flexibility index (Phi) is 5.80. The normalized spacial score (nSPS) is 10.7. The second-order valence-corrected chi connectivity index (χ2v) is 6.13. The van der Waals surface area contributed by atoms with Crippen LogP contribution in [0.2, 0.25) is 0 Å². The van der Waals surface area contributed by atoms with E-state index in [9.17, 15) is 4.79 Å². The zero-order valence-electron chi connectivity index (χ0n) is 14.3. The number of aryl methyl sites for hydroxylation is 2. The largest absolute Gasteiger partial charge is 0.492 e. The van der Waals surface area contributed by atoms with E-state index in [1.54, 1.807) is 0 Å². The van der Waals surface area contributed by atoms with E-state index in [0.29, 0.717) is 24.6 Å². The fourth-order valence-corrected chi connectivity index (χ4v) is 2.28. The van der Waals surface area contributed by atoms with Gasteiger partial charge in [0.25, 0.3) is 5.91 Å². The summed E-state index contributed by atoms with van der Waals surface area (Å²) in [6.07, 6.45) is 0. The van der Waals surface area contributed by atoms with Crippen molar-refractivity contribution in [3.8, 4) is 5.75 Å². The van der Waals surface area contributed by atoms with Crippen molar-refractivity contribution in [3.05, 3.63) is 64.7 Å². The Balaban J connectivity index is 1.82. The van der Waals surface area contributed by atoms with Gasteiger partial charge in [0.15, 0.2) is 0 Å². The molecule has 0 radical (unpaired) electrons. The van der Waals surface area contributed by atoms with Crippen molar-refractivity contribution in [1.82, 2.24) is 5.32 Å². The molecule has 23 heavy (non-hydrogen) atoms. The van der Waals surface area contributed by atoms with E-state index >= 15 is 0 Å². The lowest BCUT2D eigenvalue weighted by atomic mass is 10.0. The lowest BCUT2D eigenvalue weighted by Gasteiger charge is -2.11. The molecule has 2 rings (SSSR count). The van der Waals surface area contributed by atoms with Crippen molar-refractivity contribution in [1.29, 1.82) is 0 Å². The summed E-state index contributed by atoms with van der Waals surface area (Å²) in [6, 6.07) is 13.8. The van der Waals surface area contributed by atoms with Crippen molar-refractivity contribution in [2.45, 2.75) is 33.6 Å². The van der Waals surface area contributed by atoms with Gasteiger partial charge in [-0.2, -0.15) is 0 Å². The fourth-order valence-electron chi connectivity index (χ4n) is 2.28. The monoisotopic (exact) mass is 311 g/mol. The van der Waals surface area contributed by atoms with Crippen LogP contribution in [0.1, 0.15) is 46.8 Å². The number of ether oxygens (including phenoxy) is 1. The first-order chi connectivity index (χ1) is 11.0. The first kappa shape index (κ1) is 17.1. The summed E-state index contributed by atoms with van der Waals surface area (Å²) in [5, 5.41) is 2.89. The maximum atomic E-state index is 12.1. The highest BCUT2D eigenvalue weighted by atomic mass is 16.5. The molecule has 0 spiro atoms. The van der Waals surface area contributed by atoms with E-state index in [1.165, 1.54) is 11.1 Å². The SMILES string of the molecule is Cc1ccc(C(=O)NCCOc2cccc(C(C)C)c2)cc1C. The highest BCUT2D eigenvalue weighted by Crippen LogP contribution is 2.19. The summed E-state index contributed by atoms with van der Waals surface area (Å²) < 4.78 is 5.71. The van der Waals surface area contributed by atoms with E-state index in [1.807, 2.05) is 44.2 Å². The van der Waals surface area contributed by atoms with Crippen LogP contribution in [0, 0.1) is 13.8 Å². The zero-order valence-corrected chi connectivity index (χ0v) is 14.3. The van der Waals surface area contributed by atoms with Gasteiger partial charge in [0.05, 0.1) is 6.54 Å². The topological polar surface area (TPSA) is 38.3 Å². The minimum atomic E-state index is -0.0624. The molecule has 0 aliphatic rings. The molecule has 0 bridgehead atoms. The number of hydrogen-bond acceptors (Lipinski definition) is 2. The van der Waals surface area contributed by atoms with E-state index < -0.39 is 0 Å². The molecule has 122 valence electrons. The van der Waals surface area contributed by atoms with Gasteiger partial charge in [-0.25, -0.2) is 0 Å². The van der Waals surface area contributed by atoms with E-state index in [0.717, 1.165) is 11.3 Å². The summed E-state index contributed by atoms with van der Waals surface area (Å²) >= 11 is 0. The van der Waals surface area contributed by atoms with Crippen LogP contribution in [0.15, 0.2) is 42.5 Å². The highest BCUT2D eigenvalue weighted by molar-refractivity contribution is 5.94. The van der Waals surface area contributed by atoms with Crippen LogP contribution in [0.5, 0.6) is 5.75 Å². The average molecular weight is 311 g/mol. The Bertz CT molecular complexity index is 677. The first-order valence-corrected chi connectivity index (χ1v) is 8.05. The van der Waals surface area contributed by atoms with Crippen LogP contribution in [-0.4, -0.2) is 19.1 Å². The van der Waals surface area contributed by atoms with Gasteiger partial charge < -0.3 is 10.1 Å². The smallest absolute Gasteiger partial charge is 0.251 e. The molecule has 3 heteroatoms. The van der Waals surface area contributed by atoms with Gasteiger partial charge in [-0.1, -0.05) is 32.0 Å². The Morgan fingerprint density at radius 2 is 1.87 bits per heavy atom. The Morgan fingerprint density at radius 3 is 2.57 bits per heavy atom. The van der Waals surface area contributed by atoms with Gasteiger partial charge >= 0.3 is 0 Å².